The molecule has 12 heteroatoms. The van der Waals surface area contributed by atoms with Crippen LogP contribution < -0.4 is 0 Å². The first-order chi connectivity index (χ1) is 24.5. The third kappa shape index (κ3) is 7.14. The summed E-state index contributed by atoms with van der Waals surface area (Å²) in [5, 5.41) is 83.5. The van der Waals surface area contributed by atoms with E-state index < -0.39 is 80.7 Å². The zero-order valence-electron chi connectivity index (χ0n) is 31.7. The van der Waals surface area contributed by atoms with Gasteiger partial charge in [0.2, 0.25) is 0 Å². The third-order valence-electron chi connectivity index (χ3n) is 14.1. The first-order valence-corrected chi connectivity index (χ1v) is 19.6. The van der Waals surface area contributed by atoms with Crippen LogP contribution in [0.25, 0.3) is 0 Å². The number of aliphatic hydroxyl groups excluding tert-OH is 8. The van der Waals surface area contributed by atoms with Gasteiger partial charge < -0.3 is 59.8 Å². The lowest BCUT2D eigenvalue weighted by molar-refractivity contribution is -0.374. The summed E-state index contributed by atoms with van der Waals surface area (Å²) in [6.45, 7) is 12.2. The molecule has 0 aromatic heterocycles. The van der Waals surface area contributed by atoms with Crippen molar-refractivity contribution in [2.45, 2.75) is 167 Å². The van der Waals surface area contributed by atoms with Gasteiger partial charge >= 0.3 is 0 Å². The largest absolute Gasteiger partial charge is 0.394 e. The topological polar surface area (TPSA) is 199 Å². The number of rotatable bonds is 10. The van der Waals surface area contributed by atoms with E-state index in [4.69, 9.17) is 18.9 Å². The molecular weight excluding hydrogens is 672 g/mol. The summed E-state index contributed by atoms with van der Waals surface area (Å²) in [6, 6.07) is 0. The molecule has 2 aliphatic heterocycles. The van der Waals surface area contributed by atoms with Crippen LogP contribution in [-0.2, 0) is 18.9 Å². The van der Waals surface area contributed by atoms with Crippen molar-refractivity contribution < 1.29 is 59.8 Å². The van der Waals surface area contributed by atoms with Crippen LogP contribution in [0.15, 0.2) is 34.4 Å². The summed E-state index contributed by atoms with van der Waals surface area (Å²) in [4.78, 5) is 0. The first-order valence-electron chi connectivity index (χ1n) is 19.6. The number of hydrogen-bond donors (Lipinski definition) is 8. The number of aliphatic hydroxyl groups is 8. The summed E-state index contributed by atoms with van der Waals surface area (Å²) in [6.07, 6.45) is -3.45. The smallest absolute Gasteiger partial charge is 0.187 e. The van der Waals surface area contributed by atoms with Gasteiger partial charge in [0, 0.05) is 0 Å². The molecule has 1 saturated carbocycles. The zero-order valence-corrected chi connectivity index (χ0v) is 31.7. The predicted octanol–water partition coefficient (Wildman–Crippen LogP) is 2.24. The Morgan fingerprint density at radius 3 is 2.17 bits per heavy atom. The molecular formula is C40H64O12. The highest BCUT2D eigenvalue weighted by molar-refractivity contribution is 5.49. The van der Waals surface area contributed by atoms with Gasteiger partial charge in [0.25, 0.3) is 0 Å². The zero-order chi connectivity index (χ0) is 37.9. The second kappa shape index (κ2) is 15.7. The van der Waals surface area contributed by atoms with Crippen LogP contribution in [0.5, 0.6) is 0 Å². The standard InChI is InChI=1S/C40H64O12/c1-19(2)15-22(43)16-20(3)24-9-10-26-23-7-8-25-21(4)28(12-14-40(25,6)27(23)11-13-39(24,26)5)49-38-36(34(47)32(45)30(18-42)51-38)52-37-35(48)33(46)31(44)29(17-41)50-37/h10,15,20-22,24-25,28-38,41-48H,7-9,11-14,16-18H2,1-6H3/t20-,21+,22+,24-,25+,28+,29-,30-,31+,32+,33+,34+,35-,36-,37+,38-,39-,40+/m1/s1. The Morgan fingerprint density at radius 1 is 0.865 bits per heavy atom. The van der Waals surface area contributed by atoms with E-state index >= 15 is 0 Å². The fraction of sp³-hybridized carbons (Fsp3) is 0.850. The summed E-state index contributed by atoms with van der Waals surface area (Å²) < 4.78 is 24.1. The molecule has 0 unspecified atom stereocenters. The van der Waals surface area contributed by atoms with Gasteiger partial charge in [-0.2, -0.15) is 0 Å². The van der Waals surface area contributed by atoms with Gasteiger partial charge in [-0.3, -0.25) is 0 Å². The Hall–Kier alpha value is -1.26. The summed E-state index contributed by atoms with van der Waals surface area (Å²) in [5.74, 6) is 1.31. The summed E-state index contributed by atoms with van der Waals surface area (Å²) in [5.41, 5.74) is 5.88. The highest BCUT2D eigenvalue weighted by Crippen LogP contribution is 2.65. The average molecular weight is 737 g/mol. The molecule has 2 saturated heterocycles. The fourth-order valence-electron chi connectivity index (χ4n) is 11.2. The van der Waals surface area contributed by atoms with E-state index in [-0.39, 0.29) is 22.9 Å². The molecule has 12 nitrogen and oxygen atoms in total. The molecule has 3 fully saturated rings. The number of fused-ring (bicyclic) bond motifs is 4. The molecule has 0 spiro atoms. The van der Waals surface area contributed by atoms with E-state index in [0.29, 0.717) is 24.2 Å². The van der Waals surface area contributed by atoms with E-state index in [9.17, 15) is 40.9 Å². The van der Waals surface area contributed by atoms with Crippen molar-refractivity contribution in [1.82, 2.24) is 0 Å². The summed E-state index contributed by atoms with van der Waals surface area (Å²) in [7, 11) is 0. The van der Waals surface area contributed by atoms with Gasteiger partial charge in [0.15, 0.2) is 12.6 Å². The van der Waals surface area contributed by atoms with Crippen LogP contribution in [0, 0.1) is 34.5 Å². The summed E-state index contributed by atoms with van der Waals surface area (Å²) >= 11 is 0. The van der Waals surface area contributed by atoms with E-state index in [1.807, 2.05) is 19.9 Å². The molecule has 296 valence electrons. The fourth-order valence-corrected chi connectivity index (χ4v) is 11.2. The van der Waals surface area contributed by atoms with Crippen LogP contribution in [0.4, 0.5) is 0 Å². The minimum absolute atomic E-state index is 0.0125. The quantitative estimate of drug-likeness (QED) is 0.153. The van der Waals surface area contributed by atoms with Crippen LogP contribution in [0.3, 0.4) is 0 Å². The lowest BCUT2D eigenvalue weighted by Gasteiger charge is -2.57. The maximum absolute atomic E-state index is 11.2. The van der Waals surface area contributed by atoms with Gasteiger partial charge in [0.1, 0.15) is 48.8 Å². The van der Waals surface area contributed by atoms with Gasteiger partial charge in [-0.05, 0) is 111 Å². The highest BCUT2D eigenvalue weighted by atomic mass is 16.8. The van der Waals surface area contributed by atoms with Gasteiger partial charge in [-0.25, -0.2) is 0 Å². The van der Waals surface area contributed by atoms with Gasteiger partial charge in [-0.1, -0.05) is 51.0 Å². The van der Waals surface area contributed by atoms with Crippen molar-refractivity contribution in [2.75, 3.05) is 13.2 Å². The Labute approximate surface area is 308 Å². The molecule has 18 atom stereocenters. The first kappa shape index (κ1) is 40.4. The number of allylic oxidation sites excluding steroid dienone is 5. The van der Waals surface area contributed by atoms with E-state index in [2.05, 4.69) is 33.8 Å². The predicted molar refractivity (Wildman–Crippen MR) is 190 cm³/mol. The molecule has 0 radical (unpaired) electrons. The Bertz CT molecular complexity index is 1360. The molecule has 8 N–H and O–H groups in total. The van der Waals surface area contributed by atoms with E-state index in [1.165, 1.54) is 5.57 Å². The average Bonchev–Trinajstić information content (AvgIpc) is 3.46. The Kier molecular flexibility index (Phi) is 12.2. The third-order valence-corrected chi connectivity index (χ3v) is 14.1. The van der Waals surface area contributed by atoms with Crippen LogP contribution in [0.2, 0.25) is 0 Å². The van der Waals surface area contributed by atoms with Crippen molar-refractivity contribution in [3.8, 4) is 0 Å². The number of ether oxygens (including phenoxy) is 4. The SMILES string of the molecule is CC(C)=C[C@H](O)C[C@@H](C)[C@H]1CC=C2C3=C(CC[C@@]21C)[C@@]1(C)CC[C@H](O[C@@H]2O[C@H](CO)[C@H](O)[C@H](O)[C@H]2O[C@@H]2O[C@H](CO)[C@H](O)[C@H](O)[C@H]2O)[C@@H](C)[C@@H]1CC3. The highest BCUT2D eigenvalue weighted by Gasteiger charge is 2.57. The van der Waals surface area contributed by atoms with E-state index in [0.717, 1.165) is 50.5 Å². The van der Waals surface area contributed by atoms with Crippen LogP contribution >= 0.6 is 0 Å². The van der Waals surface area contributed by atoms with Gasteiger partial charge in [0.05, 0.1) is 25.4 Å². The minimum Gasteiger partial charge on any atom is -0.394 e. The molecule has 52 heavy (non-hydrogen) atoms. The number of hydrogen-bond acceptors (Lipinski definition) is 12. The molecule has 6 rings (SSSR count). The minimum atomic E-state index is -1.72. The van der Waals surface area contributed by atoms with Crippen molar-refractivity contribution in [3.63, 3.8) is 0 Å². The van der Waals surface area contributed by atoms with Crippen LogP contribution in [-0.4, -0.2) is 128 Å². The molecule has 4 aliphatic carbocycles. The molecule has 2 heterocycles. The van der Waals surface area contributed by atoms with Crippen molar-refractivity contribution in [1.29, 1.82) is 0 Å². The van der Waals surface area contributed by atoms with E-state index in [1.54, 1.807) is 11.1 Å². The molecule has 0 bridgehead atoms. The van der Waals surface area contributed by atoms with Crippen molar-refractivity contribution in [2.24, 2.45) is 34.5 Å². The van der Waals surface area contributed by atoms with Gasteiger partial charge in [-0.15, -0.1) is 0 Å². The molecule has 0 aromatic carbocycles. The molecule has 6 aliphatic rings. The lowest BCUT2D eigenvalue weighted by atomic mass is 9.49. The Balaban J connectivity index is 1.18. The normalized spacial score (nSPS) is 47.5. The second-order valence-corrected chi connectivity index (χ2v) is 17.5. The van der Waals surface area contributed by atoms with Crippen molar-refractivity contribution in [3.05, 3.63) is 34.4 Å². The second-order valence-electron chi connectivity index (χ2n) is 17.5. The molecule has 0 amide bonds. The Morgan fingerprint density at radius 2 is 1.52 bits per heavy atom. The van der Waals surface area contributed by atoms with Crippen molar-refractivity contribution >= 4 is 0 Å². The maximum Gasteiger partial charge on any atom is 0.187 e. The lowest BCUT2D eigenvalue weighted by Crippen LogP contribution is -2.65. The maximum atomic E-state index is 11.2. The monoisotopic (exact) mass is 736 g/mol. The van der Waals surface area contributed by atoms with Crippen LogP contribution in [0.1, 0.15) is 92.9 Å². The molecule has 0 aromatic rings.